The lowest BCUT2D eigenvalue weighted by molar-refractivity contribution is -0.114. The molecule has 2 aromatic carbocycles. The summed E-state index contributed by atoms with van der Waals surface area (Å²) in [4.78, 5) is 11.8. The van der Waals surface area contributed by atoms with E-state index >= 15 is 0 Å². The van der Waals surface area contributed by atoms with Gasteiger partial charge < -0.3 is 10.6 Å². The Morgan fingerprint density at radius 1 is 1.05 bits per heavy atom. The molecule has 2 aromatic rings. The summed E-state index contributed by atoms with van der Waals surface area (Å²) in [6.07, 6.45) is 0. The van der Waals surface area contributed by atoms with E-state index < -0.39 is 0 Å². The van der Waals surface area contributed by atoms with Crippen molar-refractivity contribution >= 4 is 60.7 Å². The molecular weight excluding hydrogens is 407 g/mol. The van der Waals surface area contributed by atoms with Gasteiger partial charge in [-0.05, 0) is 42.5 Å². The minimum absolute atomic E-state index is 0.136. The zero-order valence-electron chi connectivity index (χ0n) is 10.3. The Balaban J connectivity index is 1.92. The van der Waals surface area contributed by atoms with Crippen LogP contribution in [-0.4, -0.2) is 12.5 Å². The van der Waals surface area contributed by atoms with Crippen molar-refractivity contribution in [3.63, 3.8) is 0 Å². The number of rotatable bonds is 4. The maximum atomic E-state index is 11.8. The molecule has 0 heterocycles. The second kappa shape index (κ2) is 7.11. The van der Waals surface area contributed by atoms with Crippen LogP contribution in [0.3, 0.4) is 0 Å². The minimum atomic E-state index is -0.136. The lowest BCUT2D eigenvalue weighted by atomic mass is 10.3. The lowest BCUT2D eigenvalue weighted by Gasteiger charge is -2.09. The van der Waals surface area contributed by atoms with Crippen molar-refractivity contribution in [1.82, 2.24) is 0 Å². The van der Waals surface area contributed by atoms with Crippen LogP contribution in [0.15, 0.2) is 51.4 Å². The number of benzene rings is 2. The second-order valence-electron chi connectivity index (χ2n) is 4.03. The second-order valence-corrected chi connectivity index (χ2v) is 6.27. The Morgan fingerprint density at radius 2 is 1.70 bits per heavy atom. The Hall–Kier alpha value is -1.04. The summed E-state index contributed by atoms with van der Waals surface area (Å²) in [6.45, 7) is 0.145. The molecule has 2 N–H and O–H groups in total. The third-order valence-electron chi connectivity index (χ3n) is 2.50. The number of amides is 1. The van der Waals surface area contributed by atoms with Gasteiger partial charge in [-0.3, -0.25) is 4.79 Å². The average Bonchev–Trinajstić information content (AvgIpc) is 2.42. The normalized spacial score (nSPS) is 10.2. The van der Waals surface area contributed by atoms with Crippen LogP contribution in [0.2, 0.25) is 5.02 Å². The van der Waals surface area contributed by atoms with E-state index in [9.17, 15) is 4.79 Å². The quantitative estimate of drug-likeness (QED) is 0.740. The molecule has 0 unspecified atom stereocenters. The topological polar surface area (TPSA) is 41.1 Å². The molecule has 0 aromatic heterocycles. The van der Waals surface area contributed by atoms with Crippen molar-refractivity contribution < 1.29 is 4.79 Å². The fourth-order valence-corrected chi connectivity index (χ4v) is 2.36. The van der Waals surface area contributed by atoms with Crippen LogP contribution in [0.25, 0.3) is 0 Å². The van der Waals surface area contributed by atoms with Gasteiger partial charge in [0.15, 0.2) is 0 Å². The summed E-state index contributed by atoms with van der Waals surface area (Å²) < 4.78 is 1.87. The van der Waals surface area contributed by atoms with Crippen LogP contribution in [-0.2, 0) is 4.79 Å². The van der Waals surface area contributed by atoms with E-state index in [1.165, 1.54) is 0 Å². The molecule has 0 atom stereocenters. The molecule has 0 bridgehead atoms. The molecule has 0 spiro atoms. The van der Waals surface area contributed by atoms with Crippen molar-refractivity contribution in [2.45, 2.75) is 0 Å². The first-order valence-electron chi connectivity index (χ1n) is 5.79. The van der Waals surface area contributed by atoms with Crippen molar-refractivity contribution in [3.8, 4) is 0 Å². The number of anilines is 2. The van der Waals surface area contributed by atoms with Crippen molar-refractivity contribution in [1.29, 1.82) is 0 Å². The van der Waals surface area contributed by atoms with Crippen LogP contribution in [0, 0.1) is 0 Å². The molecule has 104 valence electrons. The van der Waals surface area contributed by atoms with E-state index in [0.717, 1.165) is 14.6 Å². The largest absolute Gasteiger partial charge is 0.375 e. The summed E-state index contributed by atoms with van der Waals surface area (Å²) in [5.41, 5.74) is 1.47. The van der Waals surface area contributed by atoms with E-state index in [1.807, 2.05) is 36.4 Å². The SMILES string of the molecule is O=C(CNc1cc(Br)ccc1Cl)Nc1ccc(Br)cc1. The van der Waals surface area contributed by atoms with E-state index in [4.69, 9.17) is 11.6 Å². The van der Waals surface area contributed by atoms with E-state index in [0.29, 0.717) is 10.7 Å². The molecule has 0 fully saturated rings. The molecule has 1 amide bonds. The first-order chi connectivity index (χ1) is 9.54. The minimum Gasteiger partial charge on any atom is -0.375 e. The zero-order valence-corrected chi connectivity index (χ0v) is 14.2. The van der Waals surface area contributed by atoms with Gasteiger partial charge in [0.25, 0.3) is 0 Å². The standard InChI is InChI=1S/C14H11Br2ClN2O/c15-9-1-4-11(5-2-9)19-14(20)8-18-13-7-10(16)3-6-12(13)17/h1-7,18H,8H2,(H,19,20). The molecule has 0 aliphatic carbocycles. The molecular formula is C14H11Br2ClN2O. The number of hydrogen-bond acceptors (Lipinski definition) is 2. The van der Waals surface area contributed by atoms with Gasteiger partial charge in [0, 0.05) is 14.6 Å². The zero-order chi connectivity index (χ0) is 14.5. The van der Waals surface area contributed by atoms with Crippen molar-refractivity contribution in [3.05, 3.63) is 56.4 Å². The molecule has 0 saturated carbocycles. The van der Waals surface area contributed by atoms with E-state index in [1.54, 1.807) is 6.07 Å². The summed E-state index contributed by atoms with van der Waals surface area (Å²) in [7, 11) is 0. The van der Waals surface area contributed by atoms with Gasteiger partial charge in [-0.15, -0.1) is 0 Å². The fourth-order valence-electron chi connectivity index (χ4n) is 1.55. The van der Waals surface area contributed by atoms with Gasteiger partial charge in [-0.1, -0.05) is 43.5 Å². The van der Waals surface area contributed by atoms with Crippen LogP contribution < -0.4 is 10.6 Å². The Labute approximate surface area is 139 Å². The average molecular weight is 419 g/mol. The molecule has 20 heavy (non-hydrogen) atoms. The first-order valence-corrected chi connectivity index (χ1v) is 7.75. The molecule has 6 heteroatoms. The van der Waals surface area contributed by atoms with Crippen LogP contribution >= 0.6 is 43.5 Å². The van der Waals surface area contributed by atoms with E-state index in [-0.39, 0.29) is 12.5 Å². The summed E-state index contributed by atoms with van der Waals surface area (Å²) in [5, 5.41) is 6.37. The highest BCUT2D eigenvalue weighted by Crippen LogP contribution is 2.25. The molecule has 0 aliphatic heterocycles. The van der Waals surface area contributed by atoms with Gasteiger partial charge in [-0.2, -0.15) is 0 Å². The van der Waals surface area contributed by atoms with Crippen LogP contribution in [0.4, 0.5) is 11.4 Å². The van der Waals surface area contributed by atoms with Crippen LogP contribution in [0.1, 0.15) is 0 Å². The monoisotopic (exact) mass is 416 g/mol. The fraction of sp³-hybridized carbons (Fsp3) is 0.0714. The smallest absolute Gasteiger partial charge is 0.243 e. The number of carbonyl (C=O) groups is 1. The number of halogens is 3. The Bertz CT molecular complexity index is 617. The highest BCUT2D eigenvalue weighted by molar-refractivity contribution is 9.10. The predicted octanol–water partition coefficient (Wildman–Crippen LogP) is 4.92. The molecule has 3 nitrogen and oxygen atoms in total. The maximum absolute atomic E-state index is 11.8. The van der Waals surface area contributed by atoms with Gasteiger partial charge in [0.05, 0.1) is 17.3 Å². The summed E-state index contributed by atoms with van der Waals surface area (Å²) in [6, 6.07) is 12.8. The number of hydrogen-bond donors (Lipinski definition) is 2. The van der Waals surface area contributed by atoms with Crippen molar-refractivity contribution in [2.24, 2.45) is 0 Å². The number of carbonyl (C=O) groups excluding carboxylic acids is 1. The van der Waals surface area contributed by atoms with E-state index in [2.05, 4.69) is 42.5 Å². The highest BCUT2D eigenvalue weighted by atomic mass is 79.9. The molecule has 2 rings (SSSR count). The predicted molar refractivity (Wildman–Crippen MR) is 90.4 cm³/mol. The third-order valence-corrected chi connectivity index (χ3v) is 3.85. The van der Waals surface area contributed by atoms with Gasteiger partial charge in [-0.25, -0.2) is 0 Å². The Morgan fingerprint density at radius 3 is 2.40 bits per heavy atom. The van der Waals surface area contributed by atoms with Crippen molar-refractivity contribution in [2.75, 3.05) is 17.2 Å². The number of nitrogens with one attached hydrogen (secondary N) is 2. The first kappa shape index (κ1) is 15.4. The maximum Gasteiger partial charge on any atom is 0.243 e. The molecule has 0 aliphatic rings. The Kier molecular flexibility index (Phi) is 5.46. The molecule has 0 radical (unpaired) electrons. The molecule has 0 saturated heterocycles. The summed E-state index contributed by atoms with van der Waals surface area (Å²) in [5.74, 6) is -0.136. The van der Waals surface area contributed by atoms with Gasteiger partial charge >= 0.3 is 0 Å². The van der Waals surface area contributed by atoms with Gasteiger partial charge in [0.2, 0.25) is 5.91 Å². The van der Waals surface area contributed by atoms with Gasteiger partial charge in [0.1, 0.15) is 0 Å². The highest BCUT2D eigenvalue weighted by Gasteiger charge is 2.05. The van der Waals surface area contributed by atoms with Crippen LogP contribution in [0.5, 0.6) is 0 Å². The summed E-state index contributed by atoms with van der Waals surface area (Å²) >= 11 is 12.7. The lowest BCUT2D eigenvalue weighted by Crippen LogP contribution is -2.21. The third kappa shape index (κ3) is 4.51.